The molecule has 0 aliphatic heterocycles. The highest BCUT2D eigenvalue weighted by atomic mass is 35.5. The Morgan fingerprint density at radius 3 is 2.11 bits per heavy atom. The summed E-state index contributed by atoms with van der Waals surface area (Å²) in [6.45, 7) is 4.12. The molecule has 0 aliphatic rings. The van der Waals surface area contributed by atoms with E-state index in [0.29, 0.717) is 5.15 Å². The summed E-state index contributed by atoms with van der Waals surface area (Å²) in [7, 11) is 0. The van der Waals surface area contributed by atoms with Gasteiger partial charge in [-0.2, -0.15) is 0 Å². The molecule has 2 nitrogen and oxygen atoms in total. The summed E-state index contributed by atoms with van der Waals surface area (Å²) in [6, 6.07) is 14.2. The molecule has 0 N–H and O–H groups in total. The first-order chi connectivity index (χ1) is 9.18. The summed E-state index contributed by atoms with van der Waals surface area (Å²) in [5.41, 5.74) is 4.24. The van der Waals surface area contributed by atoms with Crippen LogP contribution < -0.4 is 0 Å². The van der Waals surface area contributed by atoms with E-state index in [4.69, 9.17) is 11.6 Å². The number of nitrogens with zero attached hydrogens (tertiary/aromatic N) is 2. The number of benzene rings is 2. The largest absolute Gasteiger partial charge is 0.159 e. The summed E-state index contributed by atoms with van der Waals surface area (Å²) in [5.74, 6) is 0. The summed E-state index contributed by atoms with van der Waals surface area (Å²) in [4.78, 5) is 0. The predicted octanol–water partition coefficient (Wildman–Crippen LogP) is 4.57. The van der Waals surface area contributed by atoms with Crippen molar-refractivity contribution in [2.24, 2.45) is 0 Å². The maximum absolute atomic E-state index is 6.22. The van der Waals surface area contributed by atoms with Gasteiger partial charge in [0.15, 0.2) is 5.15 Å². The fourth-order valence-electron chi connectivity index (χ4n) is 2.37. The average molecular weight is 269 g/mol. The number of rotatable bonds is 1. The van der Waals surface area contributed by atoms with Crippen molar-refractivity contribution >= 4 is 22.4 Å². The van der Waals surface area contributed by atoms with Crippen LogP contribution in [0.5, 0.6) is 0 Å². The number of hydrogen-bond donors (Lipinski definition) is 0. The lowest BCUT2D eigenvalue weighted by atomic mass is 9.98. The van der Waals surface area contributed by atoms with E-state index in [1.54, 1.807) is 0 Å². The van der Waals surface area contributed by atoms with Gasteiger partial charge in [-0.3, -0.25) is 0 Å². The van der Waals surface area contributed by atoms with Crippen LogP contribution in [-0.2, 0) is 0 Å². The third-order valence-corrected chi connectivity index (χ3v) is 3.61. The number of aryl methyl sites for hydroxylation is 2. The Morgan fingerprint density at radius 1 is 0.789 bits per heavy atom. The van der Waals surface area contributed by atoms with Crippen LogP contribution in [0.1, 0.15) is 11.1 Å². The topological polar surface area (TPSA) is 25.8 Å². The van der Waals surface area contributed by atoms with Gasteiger partial charge in [-0.1, -0.05) is 54.1 Å². The highest BCUT2D eigenvalue weighted by Crippen LogP contribution is 2.33. The average Bonchev–Trinajstić information content (AvgIpc) is 2.44. The van der Waals surface area contributed by atoms with Crippen LogP contribution in [0.2, 0.25) is 5.15 Å². The molecule has 1 heterocycles. The van der Waals surface area contributed by atoms with Crippen LogP contribution >= 0.6 is 11.6 Å². The summed E-state index contributed by atoms with van der Waals surface area (Å²) in [6.07, 6.45) is 0. The van der Waals surface area contributed by atoms with Crippen molar-refractivity contribution in [1.82, 2.24) is 10.2 Å². The van der Waals surface area contributed by atoms with E-state index < -0.39 is 0 Å². The summed E-state index contributed by atoms with van der Waals surface area (Å²) in [5, 5.41) is 11.0. The highest BCUT2D eigenvalue weighted by Gasteiger charge is 2.13. The molecule has 0 saturated heterocycles. The second-order valence-corrected chi connectivity index (χ2v) is 5.01. The normalized spacial score (nSPS) is 10.9. The van der Waals surface area contributed by atoms with Crippen LogP contribution in [-0.4, -0.2) is 10.2 Å². The fourth-order valence-corrected chi connectivity index (χ4v) is 2.66. The minimum atomic E-state index is 0.468. The molecule has 0 aliphatic carbocycles. The molecule has 19 heavy (non-hydrogen) atoms. The quantitative estimate of drug-likeness (QED) is 0.646. The number of aromatic nitrogens is 2. The summed E-state index contributed by atoms with van der Waals surface area (Å²) < 4.78 is 0. The molecule has 94 valence electrons. The zero-order valence-electron chi connectivity index (χ0n) is 10.8. The zero-order valence-corrected chi connectivity index (χ0v) is 11.6. The van der Waals surface area contributed by atoms with Gasteiger partial charge in [0.05, 0.1) is 0 Å². The second-order valence-electron chi connectivity index (χ2n) is 4.65. The van der Waals surface area contributed by atoms with Gasteiger partial charge in [-0.15, -0.1) is 10.2 Å². The predicted molar refractivity (Wildman–Crippen MR) is 79.5 cm³/mol. The Kier molecular flexibility index (Phi) is 2.96. The number of halogens is 1. The van der Waals surface area contributed by atoms with Gasteiger partial charge in [-0.25, -0.2) is 0 Å². The molecule has 0 fully saturated rings. The fraction of sp³-hybridized carbons (Fsp3) is 0.125. The van der Waals surface area contributed by atoms with Crippen LogP contribution in [0.15, 0.2) is 42.5 Å². The lowest BCUT2D eigenvalue weighted by molar-refractivity contribution is 1.05. The van der Waals surface area contributed by atoms with E-state index >= 15 is 0 Å². The van der Waals surface area contributed by atoms with Gasteiger partial charge in [0, 0.05) is 16.3 Å². The second kappa shape index (κ2) is 4.63. The lowest BCUT2D eigenvalue weighted by Crippen LogP contribution is -1.95. The van der Waals surface area contributed by atoms with E-state index in [9.17, 15) is 0 Å². The molecule has 0 unspecified atom stereocenters. The molecule has 0 spiro atoms. The Labute approximate surface area is 117 Å². The monoisotopic (exact) mass is 268 g/mol. The third-order valence-electron chi connectivity index (χ3n) is 3.35. The van der Waals surface area contributed by atoms with Gasteiger partial charge in [0.2, 0.25) is 0 Å². The minimum absolute atomic E-state index is 0.468. The SMILES string of the molecule is Cc1ccc(C)c2c(-c3ccccc3)nnc(Cl)c12. The molecule has 2 aromatic carbocycles. The van der Waals surface area contributed by atoms with Crippen LogP contribution in [0, 0.1) is 13.8 Å². The molecular weight excluding hydrogens is 256 g/mol. The maximum atomic E-state index is 6.22. The summed E-state index contributed by atoms with van der Waals surface area (Å²) >= 11 is 6.22. The number of fused-ring (bicyclic) bond motifs is 1. The van der Waals surface area contributed by atoms with E-state index in [1.807, 2.05) is 37.3 Å². The molecule has 3 aromatic rings. The van der Waals surface area contributed by atoms with Crippen molar-refractivity contribution in [3.05, 3.63) is 58.7 Å². The van der Waals surface area contributed by atoms with E-state index in [2.05, 4.69) is 29.3 Å². The van der Waals surface area contributed by atoms with Gasteiger partial charge in [0.1, 0.15) is 5.69 Å². The Balaban J connectivity index is 2.45. The van der Waals surface area contributed by atoms with E-state index in [1.165, 1.54) is 0 Å². The standard InChI is InChI=1S/C16H13ClN2/c1-10-8-9-11(2)14-13(10)15(18-19-16(14)17)12-6-4-3-5-7-12/h3-9H,1-2H3. The molecule has 1 aromatic heterocycles. The van der Waals surface area contributed by atoms with Crippen LogP contribution in [0.4, 0.5) is 0 Å². The number of hydrogen-bond acceptors (Lipinski definition) is 2. The zero-order chi connectivity index (χ0) is 13.4. The Hall–Kier alpha value is -1.93. The third kappa shape index (κ3) is 1.98. The maximum Gasteiger partial charge on any atom is 0.159 e. The van der Waals surface area contributed by atoms with Gasteiger partial charge in [-0.05, 0) is 25.0 Å². The van der Waals surface area contributed by atoms with Gasteiger partial charge >= 0.3 is 0 Å². The van der Waals surface area contributed by atoms with Crippen molar-refractivity contribution in [3.63, 3.8) is 0 Å². The first-order valence-electron chi connectivity index (χ1n) is 6.16. The van der Waals surface area contributed by atoms with Crippen molar-refractivity contribution in [2.75, 3.05) is 0 Å². The van der Waals surface area contributed by atoms with Crippen molar-refractivity contribution in [1.29, 1.82) is 0 Å². The van der Waals surface area contributed by atoms with Crippen molar-refractivity contribution in [3.8, 4) is 11.3 Å². The van der Waals surface area contributed by atoms with E-state index in [0.717, 1.165) is 33.2 Å². The first-order valence-corrected chi connectivity index (χ1v) is 6.54. The Morgan fingerprint density at radius 2 is 1.42 bits per heavy atom. The molecule has 0 radical (unpaired) electrons. The molecule has 0 atom stereocenters. The smallest absolute Gasteiger partial charge is 0.148 e. The lowest BCUT2D eigenvalue weighted by Gasteiger charge is -2.11. The molecule has 3 heteroatoms. The van der Waals surface area contributed by atoms with E-state index in [-0.39, 0.29) is 0 Å². The van der Waals surface area contributed by atoms with Gasteiger partial charge < -0.3 is 0 Å². The molecule has 0 amide bonds. The molecule has 3 rings (SSSR count). The van der Waals surface area contributed by atoms with Crippen molar-refractivity contribution < 1.29 is 0 Å². The first kappa shape index (κ1) is 12.1. The van der Waals surface area contributed by atoms with Crippen LogP contribution in [0.25, 0.3) is 22.0 Å². The molecule has 0 bridgehead atoms. The van der Waals surface area contributed by atoms with Crippen molar-refractivity contribution in [2.45, 2.75) is 13.8 Å². The van der Waals surface area contributed by atoms with Gasteiger partial charge in [0.25, 0.3) is 0 Å². The molecular formula is C16H13ClN2. The Bertz CT molecular complexity index is 743. The highest BCUT2D eigenvalue weighted by molar-refractivity contribution is 6.35. The minimum Gasteiger partial charge on any atom is -0.148 e. The molecule has 0 saturated carbocycles. The van der Waals surface area contributed by atoms with Crippen LogP contribution in [0.3, 0.4) is 0 Å².